The SMILES string of the molecule is Cc1ccc(NC(=O)c2cccc(CC(C)(C)C)c2)cc1-c1cc(C(=O)NCC2CCCO2)on1. The van der Waals surface area contributed by atoms with E-state index in [-0.39, 0.29) is 29.1 Å². The van der Waals surface area contributed by atoms with Crippen molar-refractivity contribution in [3.05, 3.63) is 71.0 Å². The minimum Gasteiger partial charge on any atom is -0.376 e. The van der Waals surface area contributed by atoms with Gasteiger partial charge in [0.15, 0.2) is 0 Å². The van der Waals surface area contributed by atoms with Crippen LogP contribution >= 0.6 is 0 Å². The molecule has 2 heterocycles. The summed E-state index contributed by atoms with van der Waals surface area (Å²) < 4.78 is 10.8. The van der Waals surface area contributed by atoms with Crippen molar-refractivity contribution in [1.82, 2.24) is 10.5 Å². The third-order valence-electron chi connectivity index (χ3n) is 5.94. The molecule has 4 rings (SSSR count). The Morgan fingerprint density at radius 3 is 2.66 bits per heavy atom. The molecule has 0 radical (unpaired) electrons. The molecule has 0 spiro atoms. The predicted octanol–water partition coefficient (Wildman–Crippen LogP) is 5.40. The Morgan fingerprint density at radius 2 is 1.91 bits per heavy atom. The summed E-state index contributed by atoms with van der Waals surface area (Å²) >= 11 is 0. The van der Waals surface area contributed by atoms with E-state index in [0.717, 1.165) is 42.6 Å². The van der Waals surface area contributed by atoms with Crippen LogP contribution < -0.4 is 10.6 Å². The van der Waals surface area contributed by atoms with E-state index in [2.05, 4.69) is 36.6 Å². The Labute approximate surface area is 206 Å². The highest BCUT2D eigenvalue weighted by molar-refractivity contribution is 6.04. The molecule has 0 aliphatic carbocycles. The summed E-state index contributed by atoms with van der Waals surface area (Å²) in [5, 5.41) is 9.91. The van der Waals surface area contributed by atoms with Crippen molar-refractivity contribution in [1.29, 1.82) is 0 Å². The molecule has 1 aliphatic heterocycles. The zero-order chi connectivity index (χ0) is 25.0. The van der Waals surface area contributed by atoms with Crippen LogP contribution in [0, 0.1) is 12.3 Å². The van der Waals surface area contributed by atoms with Gasteiger partial charge < -0.3 is 19.9 Å². The monoisotopic (exact) mass is 475 g/mol. The Balaban J connectivity index is 1.45. The molecule has 184 valence electrons. The first-order valence-corrected chi connectivity index (χ1v) is 12.1. The Bertz CT molecular complexity index is 1200. The smallest absolute Gasteiger partial charge is 0.290 e. The van der Waals surface area contributed by atoms with Gasteiger partial charge in [0.2, 0.25) is 5.76 Å². The number of benzene rings is 2. The van der Waals surface area contributed by atoms with E-state index in [0.29, 0.717) is 23.5 Å². The number of nitrogens with one attached hydrogen (secondary N) is 2. The molecular formula is C28H33N3O4. The molecular weight excluding hydrogens is 442 g/mol. The van der Waals surface area contributed by atoms with Crippen molar-refractivity contribution in [2.75, 3.05) is 18.5 Å². The summed E-state index contributed by atoms with van der Waals surface area (Å²) in [4.78, 5) is 25.4. The molecule has 1 saturated heterocycles. The first-order chi connectivity index (χ1) is 16.7. The van der Waals surface area contributed by atoms with Crippen molar-refractivity contribution in [2.45, 2.75) is 53.1 Å². The maximum Gasteiger partial charge on any atom is 0.290 e. The van der Waals surface area contributed by atoms with E-state index in [4.69, 9.17) is 9.26 Å². The number of carbonyl (C=O) groups is 2. The van der Waals surface area contributed by atoms with E-state index in [1.54, 1.807) is 6.07 Å². The van der Waals surface area contributed by atoms with E-state index in [9.17, 15) is 9.59 Å². The van der Waals surface area contributed by atoms with Crippen LogP contribution in [-0.2, 0) is 11.2 Å². The number of anilines is 1. The normalized spacial score (nSPS) is 15.7. The molecule has 2 aromatic carbocycles. The average molecular weight is 476 g/mol. The van der Waals surface area contributed by atoms with Gasteiger partial charge in [-0.3, -0.25) is 9.59 Å². The van der Waals surface area contributed by atoms with Gasteiger partial charge in [-0.15, -0.1) is 0 Å². The van der Waals surface area contributed by atoms with E-state index >= 15 is 0 Å². The number of ether oxygens (including phenoxy) is 1. The second-order valence-corrected chi connectivity index (χ2v) is 10.3. The molecule has 0 saturated carbocycles. The molecule has 1 aliphatic rings. The summed E-state index contributed by atoms with van der Waals surface area (Å²) in [6.45, 7) is 9.67. The number of hydrogen-bond donors (Lipinski definition) is 2. The highest BCUT2D eigenvalue weighted by Gasteiger charge is 2.20. The number of carbonyl (C=O) groups excluding carboxylic acids is 2. The number of aromatic nitrogens is 1. The number of nitrogens with zero attached hydrogens (tertiary/aromatic N) is 1. The first kappa shape index (κ1) is 24.7. The second-order valence-electron chi connectivity index (χ2n) is 10.3. The van der Waals surface area contributed by atoms with Crippen LogP contribution in [0.1, 0.15) is 65.7 Å². The number of rotatable bonds is 7. The lowest BCUT2D eigenvalue weighted by molar-refractivity contribution is 0.0827. The van der Waals surface area contributed by atoms with Crippen LogP contribution in [0.25, 0.3) is 11.3 Å². The topological polar surface area (TPSA) is 93.5 Å². The van der Waals surface area contributed by atoms with E-state index in [1.165, 1.54) is 0 Å². The van der Waals surface area contributed by atoms with Crippen LogP contribution in [0.5, 0.6) is 0 Å². The number of hydrogen-bond acceptors (Lipinski definition) is 5. The molecule has 1 fully saturated rings. The molecule has 1 aromatic heterocycles. The summed E-state index contributed by atoms with van der Waals surface area (Å²) in [6, 6.07) is 14.9. The highest BCUT2D eigenvalue weighted by atomic mass is 16.5. The van der Waals surface area contributed by atoms with E-state index in [1.807, 2.05) is 49.4 Å². The quantitative estimate of drug-likeness (QED) is 0.477. The Morgan fingerprint density at radius 1 is 1.09 bits per heavy atom. The van der Waals surface area contributed by atoms with Gasteiger partial charge in [-0.25, -0.2) is 0 Å². The molecule has 2 N–H and O–H groups in total. The van der Waals surface area contributed by atoms with Crippen molar-refractivity contribution < 1.29 is 18.8 Å². The zero-order valence-electron chi connectivity index (χ0n) is 20.8. The Kier molecular flexibility index (Phi) is 7.36. The van der Waals surface area contributed by atoms with Crippen LogP contribution in [0.4, 0.5) is 5.69 Å². The highest BCUT2D eigenvalue weighted by Crippen LogP contribution is 2.27. The fraction of sp³-hybridized carbons (Fsp3) is 0.393. The number of amides is 2. The van der Waals surface area contributed by atoms with Crippen molar-refractivity contribution in [3.8, 4) is 11.3 Å². The molecule has 1 atom stereocenters. The minimum atomic E-state index is -0.323. The zero-order valence-corrected chi connectivity index (χ0v) is 20.8. The van der Waals surface area contributed by atoms with Gasteiger partial charge in [0, 0.05) is 36.0 Å². The standard InChI is InChI=1S/C28H33N3O4/c1-18-10-11-21(30-26(32)20-8-5-7-19(13-20)16-28(2,3)4)14-23(18)24-15-25(35-31-24)27(33)29-17-22-9-6-12-34-22/h5,7-8,10-11,13-15,22H,6,9,12,16-17H2,1-4H3,(H,29,33)(H,30,32). The summed E-state index contributed by atoms with van der Waals surface area (Å²) in [7, 11) is 0. The van der Waals surface area contributed by atoms with Crippen molar-refractivity contribution >= 4 is 17.5 Å². The first-order valence-electron chi connectivity index (χ1n) is 12.1. The fourth-order valence-corrected chi connectivity index (χ4v) is 4.22. The van der Waals surface area contributed by atoms with Crippen LogP contribution in [0.2, 0.25) is 0 Å². The second kappa shape index (κ2) is 10.4. The maximum absolute atomic E-state index is 12.9. The molecule has 1 unspecified atom stereocenters. The summed E-state index contributed by atoms with van der Waals surface area (Å²) in [6.07, 6.45) is 2.90. The molecule has 2 amide bonds. The van der Waals surface area contributed by atoms with Crippen molar-refractivity contribution in [3.63, 3.8) is 0 Å². The van der Waals surface area contributed by atoms with Crippen molar-refractivity contribution in [2.24, 2.45) is 5.41 Å². The van der Waals surface area contributed by atoms with E-state index < -0.39 is 0 Å². The largest absolute Gasteiger partial charge is 0.376 e. The van der Waals surface area contributed by atoms with Gasteiger partial charge in [0.1, 0.15) is 5.69 Å². The molecule has 0 bridgehead atoms. The van der Waals surface area contributed by atoms with Gasteiger partial charge in [-0.05, 0) is 67.0 Å². The van der Waals surface area contributed by atoms with Gasteiger partial charge in [-0.2, -0.15) is 0 Å². The Hall–Kier alpha value is -3.45. The molecule has 7 nitrogen and oxygen atoms in total. The van der Waals surface area contributed by atoms with Crippen LogP contribution in [-0.4, -0.2) is 36.2 Å². The average Bonchev–Trinajstić information content (AvgIpc) is 3.50. The van der Waals surface area contributed by atoms with Gasteiger partial charge in [0.05, 0.1) is 6.10 Å². The van der Waals surface area contributed by atoms with Gasteiger partial charge >= 0.3 is 0 Å². The lowest BCUT2D eigenvalue weighted by atomic mass is 9.87. The fourth-order valence-electron chi connectivity index (χ4n) is 4.22. The van der Waals surface area contributed by atoms with Gasteiger partial charge in [0.25, 0.3) is 11.8 Å². The summed E-state index contributed by atoms with van der Waals surface area (Å²) in [5.41, 5.74) is 4.79. The van der Waals surface area contributed by atoms with Crippen LogP contribution in [0.15, 0.2) is 53.1 Å². The molecule has 7 heteroatoms. The molecule has 3 aromatic rings. The third-order valence-corrected chi connectivity index (χ3v) is 5.94. The lowest BCUT2D eigenvalue weighted by Crippen LogP contribution is -2.31. The maximum atomic E-state index is 12.9. The molecule has 35 heavy (non-hydrogen) atoms. The third kappa shape index (κ3) is 6.57. The number of aryl methyl sites for hydroxylation is 1. The minimum absolute atomic E-state index is 0.0537. The van der Waals surface area contributed by atoms with Gasteiger partial charge in [-0.1, -0.05) is 44.1 Å². The predicted molar refractivity (Wildman–Crippen MR) is 136 cm³/mol. The summed E-state index contributed by atoms with van der Waals surface area (Å²) in [5.74, 6) is -0.357. The lowest BCUT2D eigenvalue weighted by Gasteiger charge is -2.18. The van der Waals surface area contributed by atoms with Crippen LogP contribution in [0.3, 0.4) is 0 Å².